The van der Waals surface area contributed by atoms with Crippen molar-refractivity contribution in [3.8, 4) is 44.9 Å². The van der Waals surface area contributed by atoms with E-state index in [2.05, 4.69) is 126 Å². The van der Waals surface area contributed by atoms with E-state index in [0.717, 1.165) is 55.6 Å². The zero-order valence-electron chi connectivity index (χ0n) is 22.8. The summed E-state index contributed by atoms with van der Waals surface area (Å²) in [5.74, 6) is 0.721. The molecule has 8 aromatic rings. The van der Waals surface area contributed by atoms with Gasteiger partial charge in [0, 0.05) is 33.5 Å². The van der Waals surface area contributed by atoms with E-state index in [0.29, 0.717) is 0 Å². The number of benzene rings is 6. The first-order valence-corrected chi connectivity index (χ1v) is 14.1. The summed E-state index contributed by atoms with van der Waals surface area (Å²) in [6.45, 7) is 0. The van der Waals surface area contributed by atoms with Crippen LogP contribution in [-0.4, -0.2) is 15.0 Å². The molecule has 0 fully saturated rings. The van der Waals surface area contributed by atoms with Gasteiger partial charge in [0.25, 0.3) is 0 Å². The lowest BCUT2D eigenvalue weighted by Gasteiger charge is -2.12. The molecule has 0 saturated heterocycles. The third-order valence-electron chi connectivity index (χ3n) is 7.91. The lowest BCUT2D eigenvalue weighted by molar-refractivity contribution is 1.23. The van der Waals surface area contributed by atoms with Gasteiger partial charge in [-0.15, -0.1) is 0 Å². The molecule has 0 aliphatic heterocycles. The summed E-state index contributed by atoms with van der Waals surface area (Å²) in [4.78, 5) is 14.7. The molecular weight excluding hydrogens is 510 g/mol. The maximum absolute atomic E-state index is 5.08. The molecule has 0 aliphatic carbocycles. The number of rotatable bonds is 4. The maximum atomic E-state index is 5.08. The van der Waals surface area contributed by atoms with Crippen molar-refractivity contribution in [3.63, 3.8) is 0 Å². The Morgan fingerprint density at radius 1 is 0.405 bits per heavy atom. The first-order valence-electron chi connectivity index (χ1n) is 14.1. The molecule has 0 spiro atoms. The van der Waals surface area contributed by atoms with Crippen LogP contribution in [0.25, 0.3) is 77.5 Å². The van der Waals surface area contributed by atoms with E-state index in [1.54, 1.807) is 0 Å². The fraction of sp³-hybridized carbons (Fsp3) is 0. The minimum absolute atomic E-state index is 0.721. The van der Waals surface area contributed by atoms with Crippen molar-refractivity contribution < 1.29 is 0 Å². The highest BCUT2D eigenvalue weighted by Crippen LogP contribution is 2.35. The van der Waals surface area contributed by atoms with Gasteiger partial charge in [-0.2, -0.15) is 0 Å². The first kappa shape index (κ1) is 24.2. The summed E-state index contributed by atoms with van der Waals surface area (Å²) in [6.07, 6.45) is 1.87. The molecule has 2 heterocycles. The number of nitrogens with zero attached hydrogens (tertiary/aromatic N) is 3. The molecular formula is C39H25N3. The lowest BCUT2D eigenvalue weighted by Crippen LogP contribution is -1.95. The molecule has 42 heavy (non-hydrogen) atoms. The van der Waals surface area contributed by atoms with Crippen molar-refractivity contribution in [2.24, 2.45) is 0 Å². The Kier molecular flexibility index (Phi) is 5.79. The highest BCUT2D eigenvalue weighted by atomic mass is 14.9. The average Bonchev–Trinajstić information content (AvgIpc) is 3.08. The first-order chi connectivity index (χ1) is 20.8. The molecule has 0 amide bonds. The molecule has 2 aromatic heterocycles. The summed E-state index contributed by atoms with van der Waals surface area (Å²) in [6, 6.07) is 50.8. The van der Waals surface area contributed by atoms with Crippen LogP contribution >= 0.6 is 0 Å². The van der Waals surface area contributed by atoms with Crippen LogP contribution in [0, 0.1) is 0 Å². The highest BCUT2D eigenvalue weighted by molar-refractivity contribution is 6.10. The van der Waals surface area contributed by atoms with Crippen LogP contribution in [0.2, 0.25) is 0 Å². The monoisotopic (exact) mass is 535 g/mol. The minimum atomic E-state index is 0.721. The molecule has 3 heteroatoms. The van der Waals surface area contributed by atoms with Crippen molar-refractivity contribution in [1.29, 1.82) is 0 Å². The van der Waals surface area contributed by atoms with Crippen LogP contribution in [0.5, 0.6) is 0 Å². The summed E-state index contributed by atoms with van der Waals surface area (Å²) in [5, 5.41) is 4.57. The largest absolute Gasteiger partial charge is 0.256 e. The highest BCUT2D eigenvalue weighted by Gasteiger charge is 2.13. The molecule has 6 aromatic carbocycles. The number of hydrogen-bond donors (Lipinski definition) is 0. The molecule has 0 radical (unpaired) electrons. The van der Waals surface area contributed by atoms with Crippen LogP contribution in [0.3, 0.4) is 0 Å². The SMILES string of the molecule is c1ccc(-c2nc(-c3cccc(-c4cccc(-c5cccc6c5ccc5cccnc56)c4)c3)nc3ccccc23)cc1. The van der Waals surface area contributed by atoms with Gasteiger partial charge in [0.2, 0.25) is 0 Å². The zero-order chi connectivity index (χ0) is 27.9. The summed E-state index contributed by atoms with van der Waals surface area (Å²) in [7, 11) is 0. The molecule has 0 atom stereocenters. The van der Waals surface area contributed by atoms with Crippen LogP contribution < -0.4 is 0 Å². The van der Waals surface area contributed by atoms with Crippen LogP contribution in [0.1, 0.15) is 0 Å². The smallest absolute Gasteiger partial charge is 0.160 e. The van der Waals surface area contributed by atoms with Gasteiger partial charge in [-0.3, -0.25) is 4.98 Å². The topological polar surface area (TPSA) is 38.7 Å². The second-order valence-electron chi connectivity index (χ2n) is 10.5. The fourth-order valence-electron chi connectivity index (χ4n) is 5.88. The van der Waals surface area contributed by atoms with Gasteiger partial charge in [-0.1, -0.05) is 121 Å². The second kappa shape index (κ2) is 10.1. The van der Waals surface area contributed by atoms with Crippen molar-refractivity contribution >= 4 is 32.6 Å². The molecule has 0 bridgehead atoms. The van der Waals surface area contributed by atoms with Crippen LogP contribution in [0.15, 0.2) is 152 Å². The van der Waals surface area contributed by atoms with E-state index in [-0.39, 0.29) is 0 Å². The number of para-hydroxylation sites is 1. The van der Waals surface area contributed by atoms with E-state index in [1.165, 1.54) is 21.9 Å². The van der Waals surface area contributed by atoms with Gasteiger partial charge < -0.3 is 0 Å². The van der Waals surface area contributed by atoms with Gasteiger partial charge in [0.1, 0.15) is 0 Å². The van der Waals surface area contributed by atoms with E-state index in [9.17, 15) is 0 Å². The number of fused-ring (bicyclic) bond motifs is 4. The van der Waals surface area contributed by atoms with E-state index >= 15 is 0 Å². The summed E-state index contributed by atoms with van der Waals surface area (Å²) < 4.78 is 0. The predicted molar refractivity (Wildman–Crippen MR) is 174 cm³/mol. The molecule has 0 aliphatic rings. The van der Waals surface area contributed by atoms with Gasteiger partial charge in [-0.05, 0) is 51.9 Å². The maximum Gasteiger partial charge on any atom is 0.160 e. The Bertz CT molecular complexity index is 2250. The molecule has 3 nitrogen and oxygen atoms in total. The normalized spacial score (nSPS) is 11.3. The van der Waals surface area contributed by atoms with Crippen molar-refractivity contribution in [3.05, 3.63) is 152 Å². The van der Waals surface area contributed by atoms with Gasteiger partial charge in [0.15, 0.2) is 5.82 Å². The standard InChI is InChI=1S/C39H25N3/c1-2-10-26(11-3-1)38-35-17-4-5-20-36(35)41-39(42-38)31-15-7-13-29(25-31)28-12-6-14-30(24-28)32-18-8-19-34-33(32)22-21-27-16-9-23-40-37(27)34/h1-25H. The third kappa shape index (κ3) is 4.20. The van der Waals surface area contributed by atoms with Crippen LogP contribution in [0.4, 0.5) is 0 Å². The molecule has 196 valence electrons. The minimum Gasteiger partial charge on any atom is -0.256 e. The fourth-order valence-corrected chi connectivity index (χ4v) is 5.88. The van der Waals surface area contributed by atoms with Crippen molar-refractivity contribution in [2.45, 2.75) is 0 Å². The van der Waals surface area contributed by atoms with Crippen molar-refractivity contribution in [2.75, 3.05) is 0 Å². The third-order valence-corrected chi connectivity index (χ3v) is 7.91. The van der Waals surface area contributed by atoms with Gasteiger partial charge in [-0.25, -0.2) is 9.97 Å². The zero-order valence-corrected chi connectivity index (χ0v) is 22.8. The average molecular weight is 536 g/mol. The Morgan fingerprint density at radius 2 is 1.10 bits per heavy atom. The van der Waals surface area contributed by atoms with Gasteiger partial charge >= 0.3 is 0 Å². The number of hydrogen-bond acceptors (Lipinski definition) is 3. The number of pyridine rings is 1. The number of aromatic nitrogens is 3. The van der Waals surface area contributed by atoms with Crippen molar-refractivity contribution in [1.82, 2.24) is 15.0 Å². The Balaban J connectivity index is 1.23. The summed E-state index contributed by atoms with van der Waals surface area (Å²) >= 11 is 0. The van der Waals surface area contributed by atoms with E-state index < -0.39 is 0 Å². The van der Waals surface area contributed by atoms with Gasteiger partial charge in [0.05, 0.1) is 16.7 Å². The van der Waals surface area contributed by atoms with E-state index in [1.807, 2.05) is 30.5 Å². The molecule has 0 saturated carbocycles. The Morgan fingerprint density at radius 3 is 1.98 bits per heavy atom. The quantitative estimate of drug-likeness (QED) is 0.211. The lowest BCUT2D eigenvalue weighted by atomic mass is 9.94. The molecule has 8 rings (SSSR count). The Hall–Kier alpha value is -5.67. The summed E-state index contributed by atoms with van der Waals surface area (Å²) in [5.41, 5.74) is 9.63. The molecule has 0 unspecified atom stereocenters. The second-order valence-corrected chi connectivity index (χ2v) is 10.5. The molecule has 0 N–H and O–H groups in total. The van der Waals surface area contributed by atoms with E-state index in [4.69, 9.17) is 9.97 Å². The van der Waals surface area contributed by atoms with Crippen LogP contribution in [-0.2, 0) is 0 Å². The predicted octanol–water partition coefficient (Wildman–Crippen LogP) is 10.00. The Labute approximate surface area is 243 Å².